The quantitative estimate of drug-likeness (QED) is 0.547. The molecule has 30 heavy (non-hydrogen) atoms. The molecule has 9 nitrogen and oxygen atoms in total. The Labute approximate surface area is 175 Å². The first-order valence-electron chi connectivity index (χ1n) is 10.7. The summed E-state index contributed by atoms with van der Waals surface area (Å²) in [6, 6.07) is 6.20. The molecule has 1 aromatic carbocycles. The molecule has 0 aliphatic carbocycles. The summed E-state index contributed by atoms with van der Waals surface area (Å²) in [5.74, 6) is 1.26. The molecule has 0 radical (unpaired) electrons. The van der Waals surface area contributed by atoms with Crippen LogP contribution in [0.15, 0.2) is 28.8 Å². The number of likely N-dealkylation sites (tertiary alicyclic amines) is 2. The first-order valence-corrected chi connectivity index (χ1v) is 10.7. The fourth-order valence-corrected chi connectivity index (χ4v) is 4.27. The SMILES string of the molecule is O=C(C1CCN(Cc2nc(-c3cccc([N+](=O)[O-])c3)no2)CC1)N1CCCCCC1. The average molecular weight is 413 g/mol. The molecule has 2 fully saturated rings. The van der Waals surface area contributed by atoms with Crippen LogP contribution < -0.4 is 0 Å². The fourth-order valence-electron chi connectivity index (χ4n) is 4.27. The molecule has 2 saturated heterocycles. The molecule has 0 saturated carbocycles. The lowest BCUT2D eigenvalue weighted by atomic mass is 9.95. The van der Waals surface area contributed by atoms with Gasteiger partial charge in [-0.05, 0) is 38.8 Å². The summed E-state index contributed by atoms with van der Waals surface area (Å²) in [4.78, 5) is 32.0. The molecule has 0 unspecified atom stereocenters. The van der Waals surface area contributed by atoms with Gasteiger partial charge >= 0.3 is 0 Å². The summed E-state index contributed by atoms with van der Waals surface area (Å²) in [5.41, 5.74) is 0.552. The minimum absolute atomic E-state index is 0.00463. The van der Waals surface area contributed by atoms with Crippen molar-refractivity contribution in [1.29, 1.82) is 0 Å². The number of rotatable bonds is 5. The molecule has 1 amide bonds. The molecule has 2 aliphatic rings. The van der Waals surface area contributed by atoms with E-state index < -0.39 is 4.92 Å². The zero-order chi connectivity index (χ0) is 20.9. The lowest BCUT2D eigenvalue weighted by Gasteiger charge is -2.33. The van der Waals surface area contributed by atoms with Gasteiger partial charge in [0, 0.05) is 36.7 Å². The third kappa shape index (κ3) is 4.84. The van der Waals surface area contributed by atoms with E-state index in [0.717, 1.165) is 51.9 Å². The highest BCUT2D eigenvalue weighted by Gasteiger charge is 2.29. The third-order valence-electron chi connectivity index (χ3n) is 6.00. The number of nitro benzene ring substituents is 1. The molecule has 2 aromatic rings. The number of amides is 1. The fraction of sp³-hybridized carbons (Fsp3) is 0.571. The van der Waals surface area contributed by atoms with E-state index in [2.05, 4.69) is 19.9 Å². The highest BCUT2D eigenvalue weighted by Crippen LogP contribution is 2.24. The second-order valence-electron chi connectivity index (χ2n) is 8.11. The van der Waals surface area contributed by atoms with Gasteiger partial charge < -0.3 is 9.42 Å². The van der Waals surface area contributed by atoms with E-state index in [9.17, 15) is 14.9 Å². The minimum Gasteiger partial charge on any atom is -0.342 e. The number of hydrogen-bond acceptors (Lipinski definition) is 7. The van der Waals surface area contributed by atoms with Crippen LogP contribution in [0.3, 0.4) is 0 Å². The summed E-state index contributed by atoms with van der Waals surface area (Å²) in [6.45, 7) is 3.97. The van der Waals surface area contributed by atoms with Crippen molar-refractivity contribution < 1.29 is 14.2 Å². The first-order chi connectivity index (χ1) is 14.6. The number of non-ortho nitro benzene ring substituents is 1. The molecular weight excluding hydrogens is 386 g/mol. The summed E-state index contributed by atoms with van der Waals surface area (Å²) in [6.07, 6.45) is 6.39. The van der Waals surface area contributed by atoms with E-state index >= 15 is 0 Å². The predicted molar refractivity (Wildman–Crippen MR) is 109 cm³/mol. The number of benzene rings is 1. The molecule has 9 heteroatoms. The van der Waals surface area contributed by atoms with Crippen molar-refractivity contribution in [2.24, 2.45) is 5.92 Å². The largest absolute Gasteiger partial charge is 0.342 e. The molecule has 160 valence electrons. The zero-order valence-electron chi connectivity index (χ0n) is 17.0. The molecule has 4 rings (SSSR count). The van der Waals surface area contributed by atoms with Gasteiger partial charge in [-0.25, -0.2) is 0 Å². The normalized spacial score (nSPS) is 18.9. The standard InChI is InChI=1S/C21H27N5O4/c27-21(25-10-3-1-2-4-11-25)16-8-12-24(13-9-16)15-19-22-20(23-30-19)17-6-5-7-18(14-17)26(28)29/h5-7,14,16H,1-4,8-13,15H2. The van der Waals surface area contributed by atoms with E-state index in [1.54, 1.807) is 12.1 Å². The average Bonchev–Trinajstić information content (AvgIpc) is 3.06. The Bertz CT molecular complexity index is 883. The minimum atomic E-state index is -0.443. The van der Waals surface area contributed by atoms with E-state index in [-0.39, 0.29) is 11.6 Å². The van der Waals surface area contributed by atoms with Crippen LogP contribution in [0.4, 0.5) is 5.69 Å². The number of nitrogens with zero attached hydrogens (tertiary/aromatic N) is 5. The summed E-state index contributed by atoms with van der Waals surface area (Å²) >= 11 is 0. The van der Waals surface area contributed by atoms with Crippen LogP contribution in [0.1, 0.15) is 44.4 Å². The number of carbonyl (C=O) groups is 1. The van der Waals surface area contributed by atoms with Crippen LogP contribution in [0.2, 0.25) is 0 Å². The van der Waals surface area contributed by atoms with Gasteiger partial charge in [0.25, 0.3) is 5.69 Å². The van der Waals surface area contributed by atoms with Gasteiger partial charge in [-0.2, -0.15) is 4.98 Å². The Morgan fingerprint density at radius 1 is 1.13 bits per heavy atom. The van der Waals surface area contributed by atoms with Crippen molar-refractivity contribution in [3.8, 4) is 11.4 Å². The molecule has 0 spiro atoms. The maximum atomic E-state index is 12.8. The maximum absolute atomic E-state index is 12.8. The smallest absolute Gasteiger partial charge is 0.270 e. The number of hydrogen-bond donors (Lipinski definition) is 0. The second kappa shape index (κ2) is 9.34. The van der Waals surface area contributed by atoms with Gasteiger partial charge in [-0.1, -0.05) is 30.1 Å². The van der Waals surface area contributed by atoms with Crippen molar-refractivity contribution in [3.63, 3.8) is 0 Å². The lowest BCUT2D eigenvalue weighted by Crippen LogP contribution is -2.42. The van der Waals surface area contributed by atoms with Crippen molar-refractivity contribution >= 4 is 11.6 Å². The summed E-state index contributed by atoms with van der Waals surface area (Å²) in [5, 5.41) is 14.9. The Morgan fingerprint density at radius 3 is 2.57 bits per heavy atom. The monoisotopic (exact) mass is 413 g/mol. The molecule has 0 bridgehead atoms. The van der Waals surface area contributed by atoms with Crippen molar-refractivity contribution in [2.75, 3.05) is 26.2 Å². The molecule has 1 aromatic heterocycles. The van der Waals surface area contributed by atoms with Crippen LogP contribution in [-0.4, -0.2) is 56.9 Å². The second-order valence-corrected chi connectivity index (χ2v) is 8.11. The number of aromatic nitrogens is 2. The molecule has 0 atom stereocenters. The van der Waals surface area contributed by atoms with E-state index in [1.165, 1.54) is 25.0 Å². The van der Waals surface area contributed by atoms with E-state index in [1.807, 2.05) is 0 Å². The number of nitro groups is 1. The van der Waals surface area contributed by atoms with Gasteiger partial charge in [-0.3, -0.25) is 19.8 Å². The van der Waals surface area contributed by atoms with E-state index in [4.69, 9.17) is 4.52 Å². The number of piperidine rings is 1. The van der Waals surface area contributed by atoms with Gasteiger partial charge in [-0.15, -0.1) is 0 Å². The van der Waals surface area contributed by atoms with Crippen LogP contribution in [0.25, 0.3) is 11.4 Å². The van der Waals surface area contributed by atoms with Crippen LogP contribution in [-0.2, 0) is 11.3 Å². The molecule has 2 aliphatic heterocycles. The topological polar surface area (TPSA) is 106 Å². The van der Waals surface area contributed by atoms with Crippen molar-refractivity contribution in [1.82, 2.24) is 19.9 Å². The van der Waals surface area contributed by atoms with Crippen molar-refractivity contribution in [3.05, 3.63) is 40.3 Å². The van der Waals surface area contributed by atoms with Crippen molar-refractivity contribution in [2.45, 2.75) is 45.1 Å². The van der Waals surface area contributed by atoms with Gasteiger partial charge in [0.15, 0.2) is 0 Å². The van der Waals surface area contributed by atoms with E-state index in [0.29, 0.717) is 29.7 Å². The summed E-state index contributed by atoms with van der Waals surface area (Å²) in [7, 11) is 0. The van der Waals surface area contributed by atoms with Crippen LogP contribution in [0.5, 0.6) is 0 Å². The highest BCUT2D eigenvalue weighted by atomic mass is 16.6. The Hall–Kier alpha value is -2.81. The lowest BCUT2D eigenvalue weighted by molar-refractivity contribution is -0.384. The molecular formula is C21H27N5O4. The molecule has 0 N–H and O–H groups in total. The highest BCUT2D eigenvalue weighted by molar-refractivity contribution is 5.79. The maximum Gasteiger partial charge on any atom is 0.270 e. The predicted octanol–water partition coefficient (Wildman–Crippen LogP) is 3.26. The van der Waals surface area contributed by atoms with Crippen LogP contribution >= 0.6 is 0 Å². The van der Waals surface area contributed by atoms with Crippen LogP contribution in [0, 0.1) is 16.0 Å². The first kappa shape index (κ1) is 20.5. The number of carbonyl (C=O) groups excluding carboxylic acids is 1. The van der Waals surface area contributed by atoms with Gasteiger partial charge in [0.05, 0.1) is 11.5 Å². The summed E-state index contributed by atoms with van der Waals surface area (Å²) < 4.78 is 5.36. The van der Waals surface area contributed by atoms with Gasteiger partial charge in [0.1, 0.15) is 0 Å². The molecule has 3 heterocycles. The van der Waals surface area contributed by atoms with Gasteiger partial charge in [0.2, 0.25) is 17.6 Å². The Morgan fingerprint density at radius 2 is 1.87 bits per heavy atom. The third-order valence-corrected chi connectivity index (χ3v) is 6.00. The Balaban J connectivity index is 1.31. The zero-order valence-corrected chi connectivity index (χ0v) is 17.0. The Kier molecular flexibility index (Phi) is 6.37.